The molecule has 0 saturated carbocycles. The lowest BCUT2D eigenvalue weighted by Crippen LogP contribution is -2.52. The number of benzene rings is 1. The molecule has 2 amide bonds. The van der Waals surface area contributed by atoms with Gasteiger partial charge in [-0.2, -0.15) is 0 Å². The molecule has 2 saturated heterocycles. The van der Waals surface area contributed by atoms with Crippen molar-refractivity contribution in [2.24, 2.45) is 5.41 Å². The molecule has 2 aliphatic rings. The molecule has 7 heteroatoms. The summed E-state index contributed by atoms with van der Waals surface area (Å²) < 4.78 is 5.26. The summed E-state index contributed by atoms with van der Waals surface area (Å²) in [5, 5.41) is 6.29. The predicted molar refractivity (Wildman–Crippen MR) is 107 cm³/mol. The molecule has 6 nitrogen and oxygen atoms in total. The van der Waals surface area contributed by atoms with Crippen molar-refractivity contribution in [2.45, 2.75) is 38.6 Å². The summed E-state index contributed by atoms with van der Waals surface area (Å²) in [6.45, 7) is 5.15. The lowest BCUT2D eigenvalue weighted by molar-refractivity contribution is -0.138. The van der Waals surface area contributed by atoms with Gasteiger partial charge in [0.1, 0.15) is 11.8 Å². The molecule has 27 heavy (non-hydrogen) atoms. The minimum absolute atomic E-state index is 0. The summed E-state index contributed by atoms with van der Waals surface area (Å²) in [6.07, 6.45) is 3.75. The predicted octanol–water partition coefficient (Wildman–Crippen LogP) is 1.77. The first-order valence-corrected chi connectivity index (χ1v) is 9.41. The van der Waals surface area contributed by atoms with Gasteiger partial charge in [-0.15, -0.1) is 12.4 Å². The Bertz CT molecular complexity index is 652. The summed E-state index contributed by atoms with van der Waals surface area (Å²) in [7, 11) is 1.62. The van der Waals surface area contributed by atoms with E-state index < -0.39 is 6.04 Å². The van der Waals surface area contributed by atoms with Crippen LogP contribution in [0.3, 0.4) is 0 Å². The van der Waals surface area contributed by atoms with Gasteiger partial charge in [0, 0.05) is 33.0 Å². The van der Waals surface area contributed by atoms with Crippen molar-refractivity contribution in [3.05, 3.63) is 29.8 Å². The van der Waals surface area contributed by atoms with Crippen molar-refractivity contribution < 1.29 is 14.3 Å². The van der Waals surface area contributed by atoms with Crippen LogP contribution in [-0.4, -0.2) is 56.0 Å². The zero-order chi connectivity index (χ0) is 18.6. The summed E-state index contributed by atoms with van der Waals surface area (Å²) in [4.78, 5) is 26.6. The van der Waals surface area contributed by atoms with E-state index in [9.17, 15) is 9.59 Å². The number of nitrogens with one attached hydrogen (secondary N) is 2. The molecule has 2 aliphatic heterocycles. The third-order valence-electron chi connectivity index (χ3n) is 5.72. The number of piperidine rings is 1. The van der Waals surface area contributed by atoms with Crippen LogP contribution in [0.5, 0.6) is 5.75 Å². The monoisotopic (exact) mass is 395 g/mol. The Kier molecular flexibility index (Phi) is 7.50. The van der Waals surface area contributed by atoms with Gasteiger partial charge >= 0.3 is 0 Å². The minimum Gasteiger partial charge on any atom is -0.497 e. The number of carbonyl (C=O) groups excluding carboxylic acids is 2. The molecular formula is C20H30ClN3O3. The number of hydrogen-bond donors (Lipinski definition) is 2. The molecule has 2 N–H and O–H groups in total. The highest BCUT2D eigenvalue weighted by Gasteiger charge is 2.39. The number of ether oxygens (including phenoxy) is 1. The molecule has 2 heterocycles. The van der Waals surface area contributed by atoms with E-state index in [0.717, 1.165) is 50.3 Å². The molecule has 2 fully saturated rings. The van der Waals surface area contributed by atoms with Crippen LogP contribution in [0.1, 0.15) is 31.7 Å². The van der Waals surface area contributed by atoms with Crippen LogP contribution in [0.2, 0.25) is 0 Å². The highest BCUT2D eigenvalue weighted by molar-refractivity contribution is 5.87. The van der Waals surface area contributed by atoms with Crippen LogP contribution in [0.25, 0.3) is 0 Å². The average Bonchev–Trinajstić information content (AvgIpc) is 3.09. The second-order valence-electron chi connectivity index (χ2n) is 7.56. The molecule has 1 aromatic carbocycles. The summed E-state index contributed by atoms with van der Waals surface area (Å²) in [6, 6.07) is 7.12. The van der Waals surface area contributed by atoms with Crippen LogP contribution >= 0.6 is 12.4 Å². The smallest absolute Gasteiger partial charge is 0.245 e. The van der Waals surface area contributed by atoms with Gasteiger partial charge < -0.3 is 20.3 Å². The van der Waals surface area contributed by atoms with Gasteiger partial charge in [0.15, 0.2) is 0 Å². The number of likely N-dealkylation sites (tertiary alicyclic amines) is 1. The third-order valence-corrected chi connectivity index (χ3v) is 5.72. The first kappa shape index (κ1) is 21.5. The first-order chi connectivity index (χ1) is 12.5. The fraction of sp³-hybridized carbons (Fsp3) is 0.600. The Morgan fingerprint density at radius 2 is 2.04 bits per heavy atom. The molecule has 1 spiro atoms. The maximum Gasteiger partial charge on any atom is 0.245 e. The second kappa shape index (κ2) is 9.42. The number of methoxy groups -OCH3 is 1. The quantitative estimate of drug-likeness (QED) is 0.797. The standard InChI is InChI=1S/C20H29N3O3.ClH/c1-15(24)22-18(13-16-4-3-5-17(12-16)26-2)19(25)23-10-7-20(8-11-23)6-9-21-14-20;/h3-5,12,18,21H,6-11,13-14H2,1-2H3,(H,22,24);1H. The van der Waals surface area contributed by atoms with E-state index >= 15 is 0 Å². The van der Waals surface area contributed by atoms with E-state index in [1.165, 1.54) is 13.3 Å². The molecule has 1 aromatic rings. The third kappa shape index (κ3) is 5.36. The van der Waals surface area contributed by atoms with E-state index in [-0.39, 0.29) is 24.2 Å². The number of halogens is 1. The SMILES string of the molecule is COc1cccc(CC(NC(C)=O)C(=O)N2CCC3(CCNC3)CC2)c1.Cl. The topological polar surface area (TPSA) is 70.7 Å². The molecule has 1 atom stereocenters. The number of hydrogen-bond acceptors (Lipinski definition) is 4. The Labute approximate surface area is 167 Å². The van der Waals surface area contributed by atoms with Crippen molar-refractivity contribution in [3.63, 3.8) is 0 Å². The van der Waals surface area contributed by atoms with Crippen molar-refractivity contribution in [1.29, 1.82) is 0 Å². The van der Waals surface area contributed by atoms with Crippen LogP contribution < -0.4 is 15.4 Å². The van der Waals surface area contributed by atoms with Gasteiger partial charge in [-0.1, -0.05) is 12.1 Å². The summed E-state index contributed by atoms with van der Waals surface area (Å²) in [5.74, 6) is 0.591. The fourth-order valence-corrected chi connectivity index (χ4v) is 4.12. The maximum absolute atomic E-state index is 13.1. The van der Waals surface area contributed by atoms with E-state index in [1.807, 2.05) is 29.2 Å². The van der Waals surface area contributed by atoms with Crippen LogP contribution in [0.15, 0.2) is 24.3 Å². The van der Waals surface area contributed by atoms with Gasteiger partial charge in [0.25, 0.3) is 0 Å². The molecule has 1 unspecified atom stereocenters. The molecule has 0 aliphatic carbocycles. The molecule has 0 aromatic heterocycles. The first-order valence-electron chi connectivity index (χ1n) is 9.41. The van der Waals surface area contributed by atoms with Gasteiger partial charge in [-0.05, 0) is 48.9 Å². The maximum atomic E-state index is 13.1. The zero-order valence-corrected chi connectivity index (χ0v) is 16.9. The molecule has 3 rings (SSSR count). The number of rotatable bonds is 5. The normalized spacial score (nSPS) is 19.3. The van der Waals surface area contributed by atoms with E-state index in [4.69, 9.17) is 4.74 Å². The van der Waals surface area contributed by atoms with Crippen LogP contribution in [-0.2, 0) is 16.0 Å². The summed E-state index contributed by atoms with van der Waals surface area (Å²) in [5.41, 5.74) is 1.34. The fourth-order valence-electron chi connectivity index (χ4n) is 4.12. The highest BCUT2D eigenvalue weighted by Crippen LogP contribution is 2.37. The van der Waals surface area contributed by atoms with Gasteiger partial charge in [0.2, 0.25) is 11.8 Å². The van der Waals surface area contributed by atoms with Crippen LogP contribution in [0.4, 0.5) is 0 Å². The Morgan fingerprint density at radius 3 is 2.63 bits per heavy atom. The van der Waals surface area contributed by atoms with Gasteiger partial charge in [0.05, 0.1) is 7.11 Å². The van der Waals surface area contributed by atoms with Crippen LogP contribution in [0, 0.1) is 5.41 Å². The second-order valence-corrected chi connectivity index (χ2v) is 7.56. The number of carbonyl (C=O) groups is 2. The summed E-state index contributed by atoms with van der Waals surface area (Å²) >= 11 is 0. The Hall–Kier alpha value is -1.79. The average molecular weight is 396 g/mol. The molecular weight excluding hydrogens is 366 g/mol. The number of amides is 2. The minimum atomic E-state index is -0.532. The van der Waals surface area contributed by atoms with Crippen molar-refractivity contribution in [1.82, 2.24) is 15.5 Å². The lowest BCUT2D eigenvalue weighted by atomic mass is 9.77. The molecule has 0 radical (unpaired) electrons. The van der Waals surface area contributed by atoms with E-state index in [2.05, 4.69) is 10.6 Å². The van der Waals surface area contributed by atoms with E-state index in [0.29, 0.717) is 11.8 Å². The Balaban J connectivity index is 0.00000261. The molecule has 150 valence electrons. The highest BCUT2D eigenvalue weighted by atomic mass is 35.5. The van der Waals surface area contributed by atoms with Gasteiger partial charge in [-0.3, -0.25) is 9.59 Å². The zero-order valence-electron chi connectivity index (χ0n) is 16.1. The van der Waals surface area contributed by atoms with Crippen molar-refractivity contribution in [2.75, 3.05) is 33.3 Å². The van der Waals surface area contributed by atoms with Crippen molar-refractivity contribution >= 4 is 24.2 Å². The van der Waals surface area contributed by atoms with Crippen molar-refractivity contribution in [3.8, 4) is 5.75 Å². The molecule has 0 bridgehead atoms. The van der Waals surface area contributed by atoms with Gasteiger partial charge in [-0.25, -0.2) is 0 Å². The van der Waals surface area contributed by atoms with E-state index in [1.54, 1.807) is 7.11 Å². The largest absolute Gasteiger partial charge is 0.497 e. The lowest BCUT2D eigenvalue weighted by Gasteiger charge is -2.40. The number of nitrogens with zero attached hydrogens (tertiary/aromatic N) is 1. The Morgan fingerprint density at radius 1 is 1.30 bits per heavy atom.